The van der Waals surface area contributed by atoms with Crippen LogP contribution in [0.4, 0.5) is 0 Å². The second kappa shape index (κ2) is 72.1. The zero-order chi connectivity index (χ0) is 81.0. The van der Waals surface area contributed by atoms with Gasteiger partial charge in [0, 0.05) is 13.0 Å². The molecular formula is C100H200N2O6S. The van der Waals surface area contributed by atoms with Gasteiger partial charge in [-0.2, -0.15) is 0 Å². The van der Waals surface area contributed by atoms with Gasteiger partial charge in [0.2, 0.25) is 10.0 Å². The van der Waals surface area contributed by atoms with Crippen molar-refractivity contribution in [2.24, 2.45) is 63.6 Å². The maximum atomic E-state index is 17.3. The van der Waals surface area contributed by atoms with Crippen LogP contribution < -0.4 is 4.72 Å². The average molecular weight is 1560 g/mol. The van der Waals surface area contributed by atoms with E-state index in [-0.39, 0.29) is 40.8 Å². The first-order chi connectivity index (χ1) is 52.8. The summed E-state index contributed by atoms with van der Waals surface area (Å²) in [6, 6.07) is 0. The quantitative estimate of drug-likeness (QED) is 0.0461. The van der Waals surface area contributed by atoms with Crippen LogP contribution >= 0.6 is 0 Å². The molecule has 0 aliphatic heterocycles. The van der Waals surface area contributed by atoms with Crippen molar-refractivity contribution in [3.63, 3.8) is 0 Å². The largest absolute Gasteiger partial charge is 0.481 e. The van der Waals surface area contributed by atoms with Crippen molar-refractivity contribution >= 4 is 22.0 Å². The normalized spacial score (nSPS) is 16.2. The fraction of sp³-hybridized carbons (Fsp3) is 0.980. The fourth-order valence-electron chi connectivity index (χ4n) is 21.9. The number of carbonyl (C=O) groups is 2. The zero-order valence-corrected chi connectivity index (χ0v) is 78.0. The summed E-state index contributed by atoms with van der Waals surface area (Å²) in [6.07, 6.45) is 77.7. The van der Waals surface area contributed by atoms with Gasteiger partial charge in [0.05, 0.1) is 17.8 Å². The maximum Gasteiger partial charge on any atom is 0.310 e. The van der Waals surface area contributed by atoms with Crippen molar-refractivity contribution in [2.75, 3.05) is 38.5 Å². The summed E-state index contributed by atoms with van der Waals surface area (Å²) in [5, 5.41) is 14.2. The van der Waals surface area contributed by atoms with Gasteiger partial charge in [-0.15, -0.1) is 0 Å². The highest BCUT2D eigenvalue weighted by Gasteiger charge is 2.75. The van der Waals surface area contributed by atoms with E-state index in [9.17, 15) is 18.3 Å². The molecule has 0 amide bonds. The molecule has 0 aliphatic rings. The first kappa shape index (κ1) is 108. The Kier molecular flexibility index (Phi) is 71.3. The minimum Gasteiger partial charge on any atom is -0.481 e. The Labute approximate surface area is 685 Å². The maximum absolute atomic E-state index is 17.3. The lowest BCUT2D eigenvalue weighted by Gasteiger charge is -2.74. The fourth-order valence-corrected chi connectivity index (χ4v) is 22.6. The summed E-state index contributed by atoms with van der Waals surface area (Å²) < 4.78 is 34.7. The number of nitrogens with zero attached hydrogens (tertiary/aromatic N) is 1. The summed E-state index contributed by atoms with van der Waals surface area (Å²) in [4.78, 5) is 32.9. The molecule has 0 heterocycles. The number of nitrogens with one attached hydrogen (secondary N) is 1. The first-order valence-electron chi connectivity index (χ1n) is 49.9. The zero-order valence-electron chi connectivity index (χ0n) is 77.2. The van der Waals surface area contributed by atoms with Crippen molar-refractivity contribution in [3.05, 3.63) is 0 Å². The number of unbranched alkanes of at least 4 members (excludes halogenated alkanes) is 45. The Morgan fingerprint density at radius 1 is 0.330 bits per heavy atom. The first-order valence-corrected chi connectivity index (χ1v) is 51.5. The highest BCUT2D eigenvalue weighted by Crippen LogP contribution is 2.77. The number of hydrogen-bond acceptors (Lipinski definition) is 6. The van der Waals surface area contributed by atoms with Crippen LogP contribution in [-0.2, 0) is 24.3 Å². The molecule has 0 radical (unpaired) electrons. The second-order valence-electron chi connectivity index (χ2n) is 36.9. The molecular weight excluding hydrogens is 1360 g/mol. The lowest BCUT2D eigenvalue weighted by molar-refractivity contribution is -0.278. The van der Waals surface area contributed by atoms with Crippen molar-refractivity contribution in [2.45, 2.75) is 528 Å². The standard InChI is InChI=1S/C100H200N2O6S/c1-17-26-34-42-50-61-71-87-108-96(103)82-69-59-51-60-70-84-102(86-73-83-101-109(106,107)25-9)85-72-81-95(88(10)74-62-52-43-35-27-18-2)98(89(11)75-63-53-44-36-28-19-3,90(12)76-64-54-45-37-29-20-4)100(93(15)79-67-57-48-40-32-23-7,94(16)80-68-58-49-41-33-24-8)99(97(104)105,91(13)77-65-55-46-38-30-21-5)92(14)78-66-56-47-39-31-22-6/h88-95,101H,17-87H2,1-16H3,(H,104,105). The third-order valence-corrected chi connectivity index (χ3v) is 29.4. The van der Waals surface area contributed by atoms with Gasteiger partial charge in [-0.1, -0.05) is 463 Å². The number of aliphatic carboxylic acids is 1. The Morgan fingerprint density at radius 3 is 0.963 bits per heavy atom. The number of esters is 1. The van der Waals surface area contributed by atoms with Crippen LogP contribution in [0.25, 0.3) is 0 Å². The van der Waals surface area contributed by atoms with Crippen LogP contribution in [0.3, 0.4) is 0 Å². The monoisotopic (exact) mass is 1560 g/mol. The Hall–Kier alpha value is -1.19. The van der Waals surface area contributed by atoms with E-state index in [4.69, 9.17) is 4.74 Å². The van der Waals surface area contributed by atoms with Gasteiger partial charge >= 0.3 is 11.9 Å². The Balaban J connectivity index is 9.70. The molecule has 0 aliphatic carbocycles. The number of rotatable bonds is 86. The van der Waals surface area contributed by atoms with E-state index in [1.807, 2.05) is 0 Å². The van der Waals surface area contributed by atoms with Crippen molar-refractivity contribution in [1.82, 2.24) is 9.62 Å². The lowest BCUT2D eigenvalue weighted by atomic mass is 9.29. The molecule has 0 aromatic heterocycles. The number of carbonyl (C=O) groups excluding carboxylic acids is 1. The molecule has 0 saturated heterocycles. The summed E-state index contributed by atoms with van der Waals surface area (Å²) >= 11 is 0. The van der Waals surface area contributed by atoms with E-state index in [1.54, 1.807) is 6.92 Å². The molecule has 0 rings (SSSR count). The van der Waals surface area contributed by atoms with Crippen LogP contribution in [0.15, 0.2) is 0 Å². The van der Waals surface area contributed by atoms with Gasteiger partial charge < -0.3 is 14.7 Å². The molecule has 8 unspecified atom stereocenters. The molecule has 0 bridgehead atoms. The van der Waals surface area contributed by atoms with Gasteiger partial charge in [0.1, 0.15) is 0 Å². The number of carboxylic acid groups (broad SMARTS) is 1. The van der Waals surface area contributed by atoms with Gasteiger partial charge in [-0.25, -0.2) is 13.1 Å². The van der Waals surface area contributed by atoms with Crippen molar-refractivity contribution in [3.8, 4) is 0 Å². The molecule has 0 aromatic carbocycles. The highest BCUT2D eigenvalue weighted by molar-refractivity contribution is 7.89. The van der Waals surface area contributed by atoms with E-state index in [1.165, 1.54) is 308 Å². The van der Waals surface area contributed by atoms with Crippen molar-refractivity contribution in [1.29, 1.82) is 0 Å². The number of carboxylic acids is 1. The molecule has 0 aromatic rings. The van der Waals surface area contributed by atoms with Gasteiger partial charge in [-0.05, 0) is 136 Å². The predicted octanol–water partition coefficient (Wildman–Crippen LogP) is 32.4. The number of hydrogen-bond donors (Lipinski definition) is 2. The highest BCUT2D eigenvalue weighted by atomic mass is 32.2. The second-order valence-corrected chi connectivity index (χ2v) is 39.0. The minimum atomic E-state index is -3.32. The van der Waals surface area contributed by atoms with Crippen LogP contribution in [-0.4, -0.2) is 68.9 Å². The van der Waals surface area contributed by atoms with Crippen LogP contribution in [0.2, 0.25) is 0 Å². The topological polar surface area (TPSA) is 113 Å². The van der Waals surface area contributed by atoms with Gasteiger partial charge in [0.15, 0.2) is 0 Å². The molecule has 0 saturated carbocycles. The van der Waals surface area contributed by atoms with E-state index in [0.717, 1.165) is 122 Å². The van der Waals surface area contributed by atoms with E-state index < -0.39 is 26.8 Å². The predicted molar refractivity (Wildman–Crippen MR) is 483 cm³/mol. The Bertz CT molecular complexity index is 2030. The van der Waals surface area contributed by atoms with Crippen LogP contribution in [0.5, 0.6) is 0 Å². The van der Waals surface area contributed by atoms with E-state index in [2.05, 4.69) is 113 Å². The molecule has 0 spiro atoms. The average Bonchev–Trinajstić information content (AvgIpc) is 0.668. The molecule has 8 atom stereocenters. The summed E-state index contributed by atoms with van der Waals surface area (Å²) in [6.45, 7) is 43.4. The molecule has 2 N–H and O–H groups in total. The lowest BCUT2D eigenvalue weighted by Crippen LogP contribution is -2.73. The SMILES string of the molecule is CCCCCCCCCOC(=O)CCCCCCCN(CCCNS(=O)(=O)CC)CCCC(C(C)CCCCCCCC)C(C(C)CCCCCCCC)(C(C)CCCCCCCC)C(C(C)CCCCCCCC)(C(C)CCCCCCCC)C(C(=O)O)(C(C)CCCCCCCC)C(C)CCCCCCCC. The van der Waals surface area contributed by atoms with Crippen LogP contribution in [0.1, 0.15) is 528 Å². The number of ether oxygens (including phenoxy) is 1. The summed E-state index contributed by atoms with van der Waals surface area (Å²) in [5.41, 5.74) is -1.82. The smallest absolute Gasteiger partial charge is 0.310 e. The summed E-state index contributed by atoms with van der Waals surface area (Å²) in [5.74, 6) is 1.44. The number of sulfonamides is 1. The van der Waals surface area contributed by atoms with E-state index in [0.29, 0.717) is 43.2 Å². The van der Waals surface area contributed by atoms with Crippen molar-refractivity contribution < 1.29 is 27.9 Å². The Morgan fingerprint density at radius 2 is 0.615 bits per heavy atom. The minimum absolute atomic E-state index is 0.0100. The third kappa shape index (κ3) is 44.8. The van der Waals surface area contributed by atoms with Gasteiger partial charge in [-0.3, -0.25) is 9.59 Å². The van der Waals surface area contributed by atoms with Gasteiger partial charge in [0.25, 0.3) is 0 Å². The molecule has 652 valence electrons. The third-order valence-electron chi connectivity index (χ3n) is 28.0. The summed E-state index contributed by atoms with van der Waals surface area (Å²) in [7, 11) is -3.32. The molecule has 9 heteroatoms. The van der Waals surface area contributed by atoms with Crippen LogP contribution in [0, 0.1) is 63.6 Å². The van der Waals surface area contributed by atoms with E-state index >= 15 is 4.79 Å². The molecule has 0 fully saturated rings. The molecule has 8 nitrogen and oxygen atoms in total. The molecule has 109 heavy (non-hydrogen) atoms.